The van der Waals surface area contributed by atoms with Crippen LogP contribution in [0.5, 0.6) is 0 Å². The smallest absolute Gasteiger partial charge is 0.383 e. The summed E-state index contributed by atoms with van der Waals surface area (Å²) in [6, 6.07) is 1.58. The van der Waals surface area contributed by atoms with E-state index in [0.717, 1.165) is 12.5 Å². The summed E-state index contributed by atoms with van der Waals surface area (Å²) in [5.74, 6) is 0. The van der Waals surface area contributed by atoms with Crippen LogP contribution < -0.4 is 11.1 Å². The lowest BCUT2D eigenvalue weighted by Crippen LogP contribution is -2.52. The first kappa shape index (κ1) is 26.4. The Hall–Kier alpha value is 0.154. The van der Waals surface area contributed by atoms with Gasteiger partial charge in [-0.15, -0.1) is 0 Å². The van der Waals surface area contributed by atoms with Crippen molar-refractivity contribution in [3.63, 3.8) is 0 Å². The molecule has 0 aromatic carbocycles. The molecular formula is C15H40N2O5Si2. The van der Waals surface area contributed by atoms with Gasteiger partial charge in [-0.25, -0.2) is 0 Å². The molecular weight excluding hydrogens is 344 g/mol. The minimum atomic E-state index is -2.42. The zero-order valence-electron chi connectivity index (χ0n) is 16.6. The van der Waals surface area contributed by atoms with E-state index in [-0.39, 0.29) is 0 Å². The van der Waals surface area contributed by atoms with Crippen molar-refractivity contribution in [2.24, 2.45) is 11.1 Å². The number of hydrogen-bond donors (Lipinski definition) is 2. The van der Waals surface area contributed by atoms with Gasteiger partial charge in [0, 0.05) is 45.1 Å². The van der Waals surface area contributed by atoms with Crippen molar-refractivity contribution >= 4 is 17.5 Å². The van der Waals surface area contributed by atoms with Crippen LogP contribution in [0.15, 0.2) is 0 Å². The number of nitrogens with two attached hydrogens (primary N) is 2. The Bertz CT molecular complexity index is 230. The van der Waals surface area contributed by atoms with E-state index in [4.69, 9.17) is 33.3 Å². The first-order chi connectivity index (χ1) is 11.4. The predicted molar refractivity (Wildman–Crippen MR) is 103 cm³/mol. The fraction of sp³-hybridized carbons (Fsp3) is 1.00. The summed E-state index contributed by atoms with van der Waals surface area (Å²) in [6.07, 6.45) is 1.03. The standard InChI is InChI=1S/C8H21NO3Si.C7H19NO2Si/c1-4-10-13(8-7-9,11-5-2)12-6-3;1-4-7-11(8,9-5-2)10-6-3/h4-9H2,1-3H3;4-8H2,1-3H3. The summed E-state index contributed by atoms with van der Waals surface area (Å²) in [5.41, 5.74) is 5.50. The average molecular weight is 385 g/mol. The van der Waals surface area contributed by atoms with E-state index < -0.39 is 17.5 Å². The lowest BCUT2D eigenvalue weighted by atomic mass is 10.6. The van der Waals surface area contributed by atoms with E-state index in [1.54, 1.807) is 0 Å². The Labute approximate surface area is 151 Å². The van der Waals surface area contributed by atoms with E-state index in [0.29, 0.717) is 45.6 Å². The van der Waals surface area contributed by atoms with Crippen molar-refractivity contribution < 1.29 is 22.1 Å². The molecule has 0 aromatic rings. The highest BCUT2D eigenvalue weighted by Crippen LogP contribution is 2.14. The predicted octanol–water partition coefficient (Wildman–Crippen LogP) is 2.36. The molecule has 0 bridgehead atoms. The van der Waals surface area contributed by atoms with E-state index >= 15 is 0 Å². The molecule has 4 N–H and O–H groups in total. The van der Waals surface area contributed by atoms with Crippen molar-refractivity contribution in [1.82, 2.24) is 0 Å². The summed E-state index contributed by atoms with van der Waals surface area (Å²) < 4.78 is 27.5. The summed E-state index contributed by atoms with van der Waals surface area (Å²) in [6.45, 7) is 15.5. The van der Waals surface area contributed by atoms with E-state index in [1.165, 1.54) is 0 Å². The highest BCUT2D eigenvalue weighted by molar-refractivity contribution is 6.64. The monoisotopic (exact) mass is 384 g/mol. The molecule has 0 aliphatic rings. The average Bonchev–Trinajstić information content (AvgIpc) is 2.49. The van der Waals surface area contributed by atoms with Crippen molar-refractivity contribution in [2.75, 3.05) is 39.6 Å². The van der Waals surface area contributed by atoms with Gasteiger partial charge in [-0.3, -0.25) is 0 Å². The van der Waals surface area contributed by atoms with Crippen LogP contribution in [0.25, 0.3) is 0 Å². The normalized spacial score (nSPS) is 12.0. The molecule has 0 heterocycles. The molecule has 0 spiro atoms. The van der Waals surface area contributed by atoms with Gasteiger partial charge in [0.2, 0.25) is 0 Å². The van der Waals surface area contributed by atoms with Crippen LogP contribution in [0, 0.1) is 0 Å². The topological polar surface area (TPSA) is 98.2 Å². The molecule has 7 nitrogen and oxygen atoms in total. The Morgan fingerprint density at radius 2 is 1.00 bits per heavy atom. The molecule has 0 unspecified atom stereocenters. The first-order valence-corrected chi connectivity index (χ1v) is 13.1. The van der Waals surface area contributed by atoms with Gasteiger partial charge >= 0.3 is 17.5 Å². The Morgan fingerprint density at radius 3 is 1.25 bits per heavy atom. The van der Waals surface area contributed by atoms with Crippen molar-refractivity contribution in [3.8, 4) is 0 Å². The van der Waals surface area contributed by atoms with Crippen LogP contribution in [0.2, 0.25) is 12.1 Å². The van der Waals surface area contributed by atoms with Crippen molar-refractivity contribution in [2.45, 2.75) is 60.1 Å². The van der Waals surface area contributed by atoms with Gasteiger partial charge in [-0.2, -0.15) is 0 Å². The van der Waals surface area contributed by atoms with Crippen LogP contribution in [0.4, 0.5) is 0 Å². The van der Waals surface area contributed by atoms with E-state index in [2.05, 4.69) is 6.92 Å². The second-order valence-electron chi connectivity index (χ2n) is 4.95. The van der Waals surface area contributed by atoms with E-state index in [9.17, 15) is 0 Å². The zero-order valence-corrected chi connectivity index (χ0v) is 18.6. The molecule has 24 heavy (non-hydrogen) atoms. The number of rotatable bonds is 14. The van der Waals surface area contributed by atoms with E-state index in [1.807, 2.05) is 34.6 Å². The highest BCUT2D eigenvalue weighted by Gasteiger charge is 2.39. The minimum absolute atomic E-state index is 0.548. The maximum Gasteiger partial charge on any atom is 0.502 e. The van der Waals surface area contributed by atoms with Gasteiger partial charge in [-0.1, -0.05) is 13.3 Å². The molecule has 0 rings (SSSR count). The van der Waals surface area contributed by atoms with Gasteiger partial charge in [-0.05, 0) is 41.2 Å². The quantitative estimate of drug-likeness (QED) is 0.444. The largest absolute Gasteiger partial charge is 0.502 e. The molecule has 0 atom stereocenters. The molecule has 0 aromatic heterocycles. The second kappa shape index (κ2) is 16.6. The molecule has 0 aliphatic heterocycles. The summed E-state index contributed by atoms with van der Waals surface area (Å²) >= 11 is 0. The van der Waals surface area contributed by atoms with Crippen molar-refractivity contribution in [3.05, 3.63) is 0 Å². The van der Waals surface area contributed by atoms with Gasteiger partial charge < -0.3 is 33.3 Å². The minimum Gasteiger partial charge on any atom is -0.383 e. The maximum absolute atomic E-state index is 5.92. The lowest BCUT2D eigenvalue weighted by molar-refractivity contribution is 0.0719. The molecule has 0 saturated carbocycles. The van der Waals surface area contributed by atoms with Gasteiger partial charge in [0.25, 0.3) is 0 Å². The molecule has 0 radical (unpaired) electrons. The highest BCUT2D eigenvalue weighted by atomic mass is 28.4. The summed E-state index contributed by atoms with van der Waals surface area (Å²) in [4.78, 5) is 0. The molecule has 0 amide bonds. The van der Waals surface area contributed by atoms with Crippen LogP contribution in [0.3, 0.4) is 0 Å². The van der Waals surface area contributed by atoms with Gasteiger partial charge in [0.1, 0.15) is 0 Å². The number of hydrogen-bond acceptors (Lipinski definition) is 7. The van der Waals surface area contributed by atoms with Crippen LogP contribution in [-0.4, -0.2) is 57.1 Å². The fourth-order valence-corrected chi connectivity index (χ4v) is 6.60. The Morgan fingerprint density at radius 1 is 0.625 bits per heavy atom. The van der Waals surface area contributed by atoms with Crippen LogP contribution in [0.1, 0.15) is 48.0 Å². The Balaban J connectivity index is 0. The molecule has 148 valence electrons. The third-order valence-corrected chi connectivity index (χ3v) is 8.76. The SMILES string of the molecule is CCC[Si](N)(OCC)OCC.CCO[Si](CCN)(OCC)OCC. The second-order valence-corrected chi connectivity index (χ2v) is 10.4. The fourth-order valence-electron chi connectivity index (χ4n) is 2.20. The lowest BCUT2D eigenvalue weighted by Gasteiger charge is -2.27. The molecule has 0 saturated heterocycles. The summed E-state index contributed by atoms with van der Waals surface area (Å²) in [7, 11) is -4.67. The van der Waals surface area contributed by atoms with Crippen LogP contribution in [-0.2, 0) is 22.1 Å². The third-order valence-electron chi connectivity index (χ3n) is 2.92. The Kier molecular flexibility index (Phi) is 18.3. The zero-order chi connectivity index (χ0) is 18.9. The van der Waals surface area contributed by atoms with Gasteiger partial charge in [0.05, 0.1) is 0 Å². The summed E-state index contributed by atoms with van der Waals surface area (Å²) in [5, 5.41) is 5.92. The maximum atomic E-state index is 5.92. The van der Waals surface area contributed by atoms with Gasteiger partial charge in [0.15, 0.2) is 0 Å². The van der Waals surface area contributed by atoms with Crippen molar-refractivity contribution in [1.29, 1.82) is 0 Å². The molecule has 0 fully saturated rings. The molecule has 0 aliphatic carbocycles. The van der Waals surface area contributed by atoms with Crippen LogP contribution >= 0.6 is 0 Å². The molecule has 9 heteroatoms. The third kappa shape index (κ3) is 12.5. The first-order valence-electron chi connectivity index (χ1n) is 9.11.